The molecule has 0 aromatic heterocycles. The van der Waals surface area contributed by atoms with Gasteiger partial charge in [-0.3, -0.25) is 0 Å². The first kappa shape index (κ1) is 10.6. The first-order valence-corrected chi connectivity index (χ1v) is 5.88. The van der Waals surface area contributed by atoms with E-state index < -0.39 is 6.10 Å². The fourth-order valence-corrected chi connectivity index (χ4v) is 2.37. The van der Waals surface area contributed by atoms with Crippen LogP contribution in [0.5, 0.6) is 0 Å². The second-order valence-electron chi connectivity index (χ2n) is 4.14. The molecule has 1 N–H and O–H groups in total. The molecule has 0 heterocycles. The van der Waals surface area contributed by atoms with Crippen molar-refractivity contribution >= 4 is 23.8 Å². The molecule has 0 amide bonds. The number of hydrogen-bond donors (Lipinski definition) is 1. The van der Waals surface area contributed by atoms with Gasteiger partial charge in [0.25, 0.3) is 0 Å². The minimum atomic E-state index is -0.616. The normalized spacial score (nSPS) is 17.2. The molecule has 84 valence electrons. The predicted octanol–water partition coefficient (Wildman–Crippen LogP) is 3.91. The summed E-state index contributed by atoms with van der Waals surface area (Å²) in [6.07, 6.45) is 3.42. The summed E-state index contributed by atoms with van der Waals surface area (Å²) in [4.78, 5) is 0. The first-order valence-electron chi connectivity index (χ1n) is 5.50. The second kappa shape index (κ2) is 4.02. The van der Waals surface area contributed by atoms with Gasteiger partial charge in [0.2, 0.25) is 0 Å². The highest BCUT2D eigenvalue weighted by molar-refractivity contribution is 6.30. The van der Waals surface area contributed by atoms with Crippen LogP contribution in [-0.2, 0) is 0 Å². The lowest BCUT2D eigenvalue weighted by atomic mass is 9.97. The van der Waals surface area contributed by atoms with Gasteiger partial charge in [0.15, 0.2) is 0 Å². The lowest BCUT2D eigenvalue weighted by Gasteiger charge is -2.14. The Kier molecular flexibility index (Phi) is 2.50. The van der Waals surface area contributed by atoms with Crippen LogP contribution >= 0.6 is 11.6 Å². The van der Waals surface area contributed by atoms with Gasteiger partial charge in [-0.2, -0.15) is 0 Å². The van der Waals surface area contributed by atoms with Gasteiger partial charge in [0.05, 0.1) is 0 Å². The van der Waals surface area contributed by atoms with Crippen molar-refractivity contribution < 1.29 is 5.11 Å². The van der Waals surface area contributed by atoms with E-state index in [0.717, 1.165) is 22.3 Å². The van der Waals surface area contributed by atoms with Crippen LogP contribution in [0.1, 0.15) is 28.4 Å². The Balaban J connectivity index is 2.25. The molecule has 0 aliphatic heterocycles. The number of rotatable bonds is 0. The van der Waals surface area contributed by atoms with Crippen LogP contribution in [0.3, 0.4) is 0 Å². The molecule has 0 radical (unpaired) electrons. The van der Waals surface area contributed by atoms with Gasteiger partial charge in [-0.25, -0.2) is 0 Å². The van der Waals surface area contributed by atoms with Crippen LogP contribution in [0.15, 0.2) is 42.5 Å². The molecular formula is C15H11ClO. The molecule has 0 unspecified atom stereocenters. The van der Waals surface area contributed by atoms with Crippen molar-refractivity contribution in [3.63, 3.8) is 0 Å². The first-order chi connectivity index (χ1) is 8.25. The second-order valence-corrected chi connectivity index (χ2v) is 4.57. The van der Waals surface area contributed by atoms with Crippen LogP contribution in [0.25, 0.3) is 12.2 Å². The molecule has 1 nitrogen and oxygen atoms in total. The number of hydrogen-bond acceptors (Lipinski definition) is 1. The highest BCUT2D eigenvalue weighted by Gasteiger charge is 2.18. The van der Waals surface area contributed by atoms with E-state index in [1.165, 1.54) is 0 Å². The largest absolute Gasteiger partial charge is 0.384 e. The lowest BCUT2D eigenvalue weighted by Crippen LogP contribution is -2.02. The van der Waals surface area contributed by atoms with E-state index >= 15 is 0 Å². The van der Waals surface area contributed by atoms with Crippen LogP contribution in [-0.4, -0.2) is 5.11 Å². The van der Waals surface area contributed by atoms with E-state index in [-0.39, 0.29) is 0 Å². The van der Waals surface area contributed by atoms with Gasteiger partial charge < -0.3 is 5.11 Å². The lowest BCUT2D eigenvalue weighted by molar-refractivity contribution is 0.220. The molecular weight excluding hydrogens is 232 g/mol. The topological polar surface area (TPSA) is 20.2 Å². The van der Waals surface area contributed by atoms with Gasteiger partial charge in [-0.05, 0) is 34.4 Å². The van der Waals surface area contributed by atoms with Gasteiger partial charge in [-0.15, -0.1) is 0 Å². The molecule has 0 bridgehead atoms. The Bertz CT molecular complexity index is 602. The summed E-state index contributed by atoms with van der Waals surface area (Å²) in [6, 6.07) is 13.5. The standard InChI is InChI=1S/C15H11ClO/c16-12-8-7-11-6-5-10-3-1-2-4-13(10)15(17)14(11)9-12/h1-9,15,17H/t15-/m1/s1. The zero-order valence-corrected chi connectivity index (χ0v) is 9.85. The molecule has 2 aromatic rings. The van der Waals surface area contributed by atoms with E-state index in [0.29, 0.717) is 5.02 Å². The van der Waals surface area contributed by atoms with Crippen LogP contribution in [0.4, 0.5) is 0 Å². The van der Waals surface area contributed by atoms with E-state index in [4.69, 9.17) is 11.6 Å². The average molecular weight is 243 g/mol. The van der Waals surface area contributed by atoms with Gasteiger partial charge in [0.1, 0.15) is 6.10 Å². The molecule has 0 saturated carbocycles. The Morgan fingerprint density at radius 3 is 2.41 bits per heavy atom. The molecule has 0 fully saturated rings. The molecule has 1 atom stereocenters. The maximum absolute atomic E-state index is 10.4. The Hall–Kier alpha value is -1.57. The summed E-state index contributed by atoms with van der Waals surface area (Å²) in [5, 5.41) is 11.1. The van der Waals surface area contributed by atoms with Crippen molar-refractivity contribution in [2.75, 3.05) is 0 Å². The number of aliphatic hydroxyl groups is 1. The third kappa shape index (κ3) is 1.78. The Morgan fingerprint density at radius 1 is 0.882 bits per heavy atom. The molecule has 17 heavy (non-hydrogen) atoms. The molecule has 0 spiro atoms. The van der Waals surface area contributed by atoms with Crippen molar-refractivity contribution in [2.45, 2.75) is 6.10 Å². The molecule has 2 aromatic carbocycles. The third-order valence-corrected chi connectivity index (χ3v) is 3.31. The molecule has 2 heteroatoms. The van der Waals surface area contributed by atoms with Crippen molar-refractivity contribution in [1.82, 2.24) is 0 Å². The number of aliphatic hydroxyl groups excluding tert-OH is 1. The van der Waals surface area contributed by atoms with Crippen LogP contribution in [0.2, 0.25) is 5.02 Å². The smallest absolute Gasteiger partial charge is 0.105 e. The SMILES string of the molecule is O[C@@H]1c2ccccc2C=Cc2ccc(Cl)cc21. The Labute approximate surface area is 105 Å². The van der Waals surface area contributed by atoms with Crippen molar-refractivity contribution in [3.8, 4) is 0 Å². The van der Waals surface area contributed by atoms with E-state index in [1.807, 2.05) is 54.6 Å². The van der Waals surface area contributed by atoms with Gasteiger partial charge in [0, 0.05) is 5.02 Å². The average Bonchev–Trinajstić information content (AvgIpc) is 2.49. The highest BCUT2D eigenvalue weighted by atomic mass is 35.5. The fourth-order valence-electron chi connectivity index (χ4n) is 2.19. The summed E-state index contributed by atoms with van der Waals surface area (Å²) in [5.74, 6) is 0. The van der Waals surface area contributed by atoms with Gasteiger partial charge >= 0.3 is 0 Å². The fraction of sp³-hybridized carbons (Fsp3) is 0.0667. The number of fused-ring (bicyclic) bond motifs is 2. The van der Waals surface area contributed by atoms with E-state index in [2.05, 4.69) is 0 Å². The summed E-state index contributed by atoms with van der Waals surface area (Å²) in [6.45, 7) is 0. The van der Waals surface area contributed by atoms with Crippen molar-refractivity contribution in [2.24, 2.45) is 0 Å². The number of halogens is 1. The molecule has 3 rings (SSSR count). The zero-order chi connectivity index (χ0) is 11.8. The van der Waals surface area contributed by atoms with Crippen molar-refractivity contribution in [1.29, 1.82) is 0 Å². The van der Waals surface area contributed by atoms with Crippen LogP contribution in [0, 0.1) is 0 Å². The molecule has 1 aliphatic carbocycles. The quantitative estimate of drug-likeness (QED) is 0.743. The summed E-state index contributed by atoms with van der Waals surface area (Å²) in [7, 11) is 0. The summed E-state index contributed by atoms with van der Waals surface area (Å²) in [5.41, 5.74) is 3.84. The van der Waals surface area contributed by atoms with E-state index in [1.54, 1.807) is 0 Å². The van der Waals surface area contributed by atoms with E-state index in [9.17, 15) is 5.11 Å². The minimum Gasteiger partial charge on any atom is -0.384 e. The highest BCUT2D eigenvalue weighted by Crippen LogP contribution is 2.33. The minimum absolute atomic E-state index is 0.616. The maximum Gasteiger partial charge on any atom is 0.105 e. The van der Waals surface area contributed by atoms with Gasteiger partial charge in [-0.1, -0.05) is 54.1 Å². The maximum atomic E-state index is 10.4. The zero-order valence-electron chi connectivity index (χ0n) is 9.10. The number of benzene rings is 2. The molecule has 0 saturated heterocycles. The predicted molar refractivity (Wildman–Crippen MR) is 70.9 cm³/mol. The Morgan fingerprint density at radius 2 is 1.59 bits per heavy atom. The summed E-state index contributed by atoms with van der Waals surface area (Å²) >= 11 is 5.99. The third-order valence-electron chi connectivity index (χ3n) is 3.08. The summed E-state index contributed by atoms with van der Waals surface area (Å²) < 4.78 is 0. The van der Waals surface area contributed by atoms with Crippen LogP contribution < -0.4 is 0 Å². The van der Waals surface area contributed by atoms with Crippen molar-refractivity contribution in [3.05, 3.63) is 69.7 Å². The molecule has 1 aliphatic rings. The monoisotopic (exact) mass is 242 g/mol.